The first-order valence-electron chi connectivity index (χ1n) is 6.82. The van der Waals surface area contributed by atoms with Crippen molar-refractivity contribution in [3.8, 4) is 10.7 Å². The van der Waals surface area contributed by atoms with E-state index in [1.54, 1.807) is 16.0 Å². The monoisotopic (exact) mass is 308 g/mol. The number of aliphatic carboxylic acids is 1. The van der Waals surface area contributed by atoms with Crippen LogP contribution in [-0.4, -0.2) is 31.3 Å². The van der Waals surface area contributed by atoms with Crippen LogP contribution in [-0.2, 0) is 11.3 Å². The molecule has 0 fully saturated rings. The third-order valence-electron chi connectivity index (χ3n) is 3.09. The Morgan fingerprint density at radius 1 is 1.43 bits per heavy atom. The van der Waals surface area contributed by atoms with E-state index >= 15 is 0 Å². The van der Waals surface area contributed by atoms with E-state index in [0.717, 1.165) is 4.88 Å². The van der Waals surface area contributed by atoms with Gasteiger partial charge in [-0.3, -0.25) is 4.79 Å². The molecule has 114 valence electrons. The quantitative estimate of drug-likeness (QED) is 0.918. The molecule has 0 aliphatic rings. The van der Waals surface area contributed by atoms with E-state index in [1.165, 1.54) is 4.88 Å². The molecule has 0 aliphatic carbocycles. The van der Waals surface area contributed by atoms with Gasteiger partial charge in [-0.2, -0.15) is 0 Å². The summed E-state index contributed by atoms with van der Waals surface area (Å²) in [7, 11) is 0. The van der Waals surface area contributed by atoms with Crippen molar-refractivity contribution in [2.75, 3.05) is 0 Å². The van der Waals surface area contributed by atoms with Crippen LogP contribution < -0.4 is 0 Å². The van der Waals surface area contributed by atoms with Crippen molar-refractivity contribution in [1.29, 1.82) is 0 Å². The predicted octanol–water partition coefficient (Wildman–Crippen LogP) is 2.85. The van der Waals surface area contributed by atoms with Gasteiger partial charge in [0.1, 0.15) is 0 Å². The molecule has 1 atom stereocenters. The lowest BCUT2D eigenvalue weighted by atomic mass is 9.84. The molecule has 0 spiro atoms. The van der Waals surface area contributed by atoms with Crippen LogP contribution >= 0.6 is 11.3 Å². The van der Waals surface area contributed by atoms with Crippen LogP contribution in [0.5, 0.6) is 0 Å². The Kier molecular flexibility index (Phi) is 4.41. The fourth-order valence-corrected chi connectivity index (χ4v) is 3.09. The number of aromatic nitrogens is 4. The number of carbonyl (C=O) groups is 1. The van der Waals surface area contributed by atoms with Gasteiger partial charge in [0, 0.05) is 4.88 Å². The number of hydrogen-bond donors (Lipinski definition) is 1. The Hall–Kier alpha value is -1.76. The van der Waals surface area contributed by atoms with Crippen LogP contribution in [0.25, 0.3) is 10.7 Å². The summed E-state index contributed by atoms with van der Waals surface area (Å²) in [6.45, 7) is 8.40. The Labute approximate surface area is 127 Å². The van der Waals surface area contributed by atoms with Crippen LogP contribution in [0.1, 0.15) is 32.1 Å². The van der Waals surface area contributed by atoms with E-state index in [2.05, 4.69) is 15.5 Å². The van der Waals surface area contributed by atoms with E-state index in [4.69, 9.17) is 0 Å². The maximum atomic E-state index is 11.5. The molecule has 0 bridgehead atoms. The number of carboxylic acid groups (broad SMARTS) is 1. The van der Waals surface area contributed by atoms with Crippen molar-refractivity contribution in [3.63, 3.8) is 0 Å². The summed E-state index contributed by atoms with van der Waals surface area (Å²) >= 11 is 1.60. The predicted molar refractivity (Wildman–Crippen MR) is 81.1 cm³/mol. The van der Waals surface area contributed by atoms with Gasteiger partial charge in [0.15, 0.2) is 5.82 Å². The summed E-state index contributed by atoms with van der Waals surface area (Å²) in [6.07, 6.45) is 0.575. The zero-order chi connectivity index (χ0) is 15.6. The average molecular weight is 308 g/mol. The highest BCUT2D eigenvalue weighted by Gasteiger charge is 2.26. The minimum atomic E-state index is -0.811. The SMILES string of the molecule is Cc1ccc(-c2nnnn2CC(CC(C)(C)C)C(=O)O)s1. The van der Waals surface area contributed by atoms with E-state index in [9.17, 15) is 9.90 Å². The first-order valence-corrected chi connectivity index (χ1v) is 7.64. The van der Waals surface area contributed by atoms with Crippen LogP contribution in [0.15, 0.2) is 12.1 Å². The molecular formula is C14H20N4O2S. The smallest absolute Gasteiger partial charge is 0.308 e. The Bertz CT molecular complexity index is 627. The van der Waals surface area contributed by atoms with Crippen LogP contribution in [0, 0.1) is 18.3 Å². The standard InChI is InChI=1S/C14H20N4O2S/c1-9-5-6-11(21-9)12-15-16-17-18(12)8-10(13(19)20)7-14(2,3)4/h5-6,10H,7-8H2,1-4H3,(H,19,20). The maximum Gasteiger partial charge on any atom is 0.308 e. The fraction of sp³-hybridized carbons (Fsp3) is 0.571. The third kappa shape index (κ3) is 4.10. The summed E-state index contributed by atoms with van der Waals surface area (Å²) < 4.78 is 1.59. The van der Waals surface area contributed by atoms with Crippen molar-refractivity contribution in [1.82, 2.24) is 20.2 Å². The number of rotatable bonds is 5. The first kappa shape index (κ1) is 15.6. The first-order chi connectivity index (χ1) is 9.76. The molecule has 2 heterocycles. The summed E-state index contributed by atoms with van der Waals surface area (Å²) in [5, 5.41) is 21.1. The van der Waals surface area contributed by atoms with Gasteiger partial charge >= 0.3 is 5.97 Å². The molecule has 2 rings (SSSR count). The third-order valence-corrected chi connectivity index (χ3v) is 4.09. The zero-order valence-electron chi connectivity index (χ0n) is 12.7. The molecule has 0 aromatic carbocycles. The van der Waals surface area contributed by atoms with Gasteiger partial charge in [-0.1, -0.05) is 20.8 Å². The van der Waals surface area contributed by atoms with E-state index in [1.807, 2.05) is 39.8 Å². The summed E-state index contributed by atoms with van der Waals surface area (Å²) in [4.78, 5) is 13.6. The highest BCUT2D eigenvalue weighted by Crippen LogP contribution is 2.28. The van der Waals surface area contributed by atoms with Gasteiger partial charge in [0.05, 0.1) is 17.3 Å². The van der Waals surface area contributed by atoms with Gasteiger partial charge in [0.2, 0.25) is 0 Å². The highest BCUT2D eigenvalue weighted by molar-refractivity contribution is 7.15. The number of nitrogens with zero attached hydrogens (tertiary/aromatic N) is 4. The minimum Gasteiger partial charge on any atom is -0.481 e. The van der Waals surface area contributed by atoms with E-state index < -0.39 is 11.9 Å². The second kappa shape index (κ2) is 5.93. The highest BCUT2D eigenvalue weighted by atomic mass is 32.1. The van der Waals surface area contributed by atoms with Gasteiger partial charge in [0.25, 0.3) is 0 Å². The van der Waals surface area contributed by atoms with Crippen molar-refractivity contribution < 1.29 is 9.90 Å². The molecule has 1 N–H and O–H groups in total. The van der Waals surface area contributed by atoms with Crippen LogP contribution in [0.3, 0.4) is 0 Å². The van der Waals surface area contributed by atoms with Crippen LogP contribution in [0.2, 0.25) is 0 Å². The van der Waals surface area contributed by atoms with Gasteiger partial charge in [-0.15, -0.1) is 16.4 Å². The van der Waals surface area contributed by atoms with Crippen molar-refractivity contribution in [2.24, 2.45) is 11.3 Å². The molecule has 1 unspecified atom stereocenters. The van der Waals surface area contributed by atoms with Gasteiger partial charge < -0.3 is 5.11 Å². The summed E-state index contributed by atoms with van der Waals surface area (Å²) in [6, 6.07) is 3.96. The molecule has 0 aliphatic heterocycles. The minimum absolute atomic E-state index is 0.0588. The average Bonchev–Trinajstić information content (AvgIpc) is 2.95. The molecule has 0 saturated heterocycles. The largest absolute Gasteiger partial charge is 0.481 e. The van der Waals surface area contributed by atoms with Crippen molar-refractivity contribution in [3.05, 3.63) is 17.0 Å². The molecule has 2 aromatic heterocycles. The molecular weight excluding hydrogens is 288 g/mol. The normalized spacial score (nSPS) is 13.3. The molecule has 21 heavy (non-hydrogen) atoms. The van der Waals surface area contributed by atoms with Gasteiger partial charge in [-0.25, -0.2) is 4.68 Å². The molecule has 0 amide bonds. The van der Waals surface area contributed by atoms with E-state index in [0.29, 0.717) is 12.2 Å². The van der Waals surface area contributed by atoms with E-state index in [-0.39, 0.29) is 12.0 Å². The second-order valence-electron chi connectivity index (χ2n) is 6.39. The molecule has 0 saturated carbocycles. The number of thiophene rings is 1. The van der Waals surface area contributed by atoms with Crippen molar-refractivity contribution in [2.45, 2.75) is 40.7 Å². The van der Waals surface area contributed by atoms with Crippen molar-refractivity contribution >= 4 is 17.3 Å². The molecule has 6 nitrogen and oxygen atoms in total. The topological polar surface area (TPSA) is 80.9 Å². The van der Waals surface area contributed by atoms with Crippen LogP contribution in [0.4, 0.5) is 0 Å². The fourth-order valence-electron chi connectivity index (χ4n) is 2.24. The molecule has 0 radical (unpaired) electrons. The molecule has 7 heteroatoms. The number of aryl methyl sites for hydroxylation is 1. The maximum absolute atomic E-state index is 11.5. The summed E-state index contributed by atoms with van der Waals surface area (Å²) in [5.41, 5.74) is -0.0588. The Morgan fingerprint density at radius 2 is 2.14 bits per heavy atom. The Morgan fingerprint density at radius 3 is 2.67 bits per heavy atom. The number of carboxylic acids is 1. The number of tetrazole rings is 1. The Balaban J connectivity index is 2.22. The lowest BCUT2D eigenvalue weighted by molar-refractivity contribution is -0.143. The lowest BCUT2D eigenvalue weighted by Gasteiger charge is -2.23. The molecule has 2 aromatic rings. The lowest BCUT2D eigenvalue weighted by Crippen LogP contribution is -2.26. The van der Waals surface area contributed by atoms with Gasteiger partial charge in [-0.05, 0) is 41.3 Å². The zero-order valence-corrected chi connectivity index (χ0v) is 13.5. The number of hydrogen-bond acceptors (Lipinski definition) is 5. The second-order valence-corrected chi connectivity index (χ2v) is 7.68. The summed E-state index contributed by atoms with van der Waals surface area (Å²) in [5.74, 6) is -0.685.